The standard InChI is InChI=1S/C43H32N2/c1-43(2)36-19-11-13-27-12-10-18-32(42(27)36)33-25-35-31-17-7-9-21-39(31)45(41(35)26-37(33)43)29-22-23-40-34(24-29)30-16-6-8-20-38(30)44(40)28-14-4-3-5-15-28/h4,6-26H,3,5H2,1-2H3. The fraction of sp³-hybridized carbons (Fsp3) is 0.116. The van der Waals surface area contributed by atoms with Gasteiger partial charge in [-0.3, -0.25) is 0 Å². The van der Waals surface area contributed by atoms with E-state index >= 15 is 0 Å². The minimum absolute atomic E-state index is 0.128. The quantitative estimate of drug-likeness (QED) is 0.194. The molecule has 6 aromatic carbocycles. The van der Waals surface area contributed by atoms with E-state index in [9.17, 15) is 0 Å². The van der Waals surface area contributed by atoms with Crippen molar-refractivity contribution in [2.75, 3.05) is 0 Å². The van der Waals surface area contributed by atoms with E-state index in [1.807, 2.05) is 0 Å². The Balaban J connectivity index is 1.29. The molecule has 0 amide bonds. The first-order chi connectivity index (χ1) is 22.1. The van der Waals surface area contributed by atoms with Gasteiger partial charge in [-0.1, -0.05) is 98.8 Å². The molecule has 45 heavy (non-hydrogen) atoms. The number of fused-ring (bicyclic) bond motifs is 8. The first-order valence-corrected chi connectivity index (χ1v) is 16.1. The fourth-order valence-electron chi connectivity index (χ4n) is 8.41. The van der Waals surface area contributed by atoms with Crippen LogP contribution < -0.4 is 0 Å². The molecule has 0 fully saturated rings. The van der Waals surface area contributed by atoms with Crippen LogP contribution in [-0.4, -0.2) is 9.13 Å². The summed E-state index contributed by atoms with van der Waals surface area (Å²) in [5, 5.41) is 7.88. The molecule has 0 unspecified atom stereocenters. The van der Waals surface area contributed by atoms with E-state index in [2.05, 4.69) is 156 Å². The number of nitrogens with zero attached hydrogens (tertiary/aromatic N) is 2. The minimum atomic E-state index is -0.128. The van der Waals surface area contributed by atoms with Crippen LogP contribution in [0.3, 0.4) is 0 Å². The van der Waals surface area contributed by atoms with E-state index in [1.165, 1.54) is 88.0 Å². The molecule has 2 heterocycles. The molecule has 0 spiro atoms. The van der Waals surface area contributed by atoms with E-state index in [0.29, 0.717) is 0 Å². The van der Waals surface area contributed by atoms with Crippen LogP contribution in [0.15, 0.2) is 133 Å². The summed E-state index contributed by atoms with van der Waals surface area (Å²) in [5.74, 6) is 0. The van der Waals surface area contributed by atoms with Crippen LogP contribution in [-0.2, 0) is 5.41 Å². The lowest BCUT2D eigenvalue weighted by molar-refractivity contribution is 0.646. The molecule has 0 aliphatic heterocycles. The number of hydrogen-bond acceptors (Lipinski definition) is 0. The summed E-state index contributed by atoms with van der Waals surface area (Å²) in [6, 6.07) is 43.3. The number of para-hydroxylation sites is 2. The predicted molar refractivity (Wildman–Crippen MR) is 191 cm³/mol. The Morgan fingerprint density at radius 1 is 0.533 bits per heavy atom. The second-order valence-electron chi connectivity index (χ2n) is 13.3. The van der Waals surface area contributed by atoms with Gasteiger partial charge in [0.2, 0.25) is 0 Å². The molecule has 2 aliphatic rings. The second-order valence-corrected chi connectivity index (χ2v) is 13.3. The van der Waals surface area contributed by atoms with Crippen molar-refractivity contribution in [3.8, 4) is 16.8 Å². The molecule has 2 aliphatic carbocycles. The third kappa shape index (κ3) is 3.29. The van der Waals surface area contributed by atoms with Gasteiger partial charge in [-0.05, 0) is 94.4 Å². The summed E-state index contributed by atoms with van der Waals surface area (Å²) >= 11 is 0. The van der Waals surface area contributed by atoms with E-state index < -0.39 is 0 Å². The molecule has 0 N–H and O–H groups in total. The minimum Gasteiger partial charge on any atom is -0.310 e. The zero-order valence-corrected chi connectivity index (χ0v) is 25.5. The summed E-state index contributed by atoms with van der Waals surface area (Å²) in [4.78, 5) is 0. The summed E-state index contributed by atoms with van der Waals surface area (Å²) in [6.45, 7) is 4.79. The maximum Gasteiger partial charge on any atom is 0.0544 e. The lowest BCUT2D eigenvalue weighted by atomic mass is 9.68. The van der Waals surface area contributed by atoms with Crippen LogP contribution >= 0.6 is 0 Å². The molecule has 0 bridgehead atoms. The zero-order valence-electron chi connectivity index (χ0n) is 25.5. The van der Waals surface area contributed by atoms with E-state index in [0.717, 1.165) is 12.8 Å². The summed E-state index contributed by atoms with van der Waals surface area (Å²) < 4.78 is 4.93. The maximum atomic E-state index is 2.49. The monoisotopic (exact) mass is 576 g/mol. The first-order valence-electron chi connectivity index (χ1n) is 16.1. The number of rotatable bonds is 2. The van der Waals surface area contributed by atoms with Crippen LogP contribution in [0, 0.1) is 0 Å². The molecular formula is C43H32N2. The average molecular weight is 577 g/mol. The normalized spacial score (nSPS) is 15.4. The SMILES string of the molecule is CC1(C)c2cc3c(cc2-c2cccc4cccc1c24)c1ccccc1n3-c1ccc2c(c1)c1ccccc1n2C1=CCCC=C1. The van der Waals surface area contributed by atoms with Crippen molar-refractivity contribution in [2.45, 2.75) is 32.1 Å². The Bertz CT molecular complexity index is 2610. The third-order valence-corrected chi connectivity index (χ3v) is 10.5. The Hall–Kier alpha value is -5.34. The van der Waals surface area contributed by atoms with Crippen molar-refractivity contribution in [3.05, 3.63) is 145 Å². The van der Waals surface area contributed by atoms with Gasteiger partial charge in [-0.15, -0.1) is 0 Å². The Morgan fingerprint density at radius 3 is 2.02 bits per heavy atom. The number of hydrogen-bond donors (Lipinski definition) is 0. The van der Waals surface area contributed by atoms with E-state index in [4.69, 9.17) is 0 Å². The molecule has 2 nitrogen and oxygen atoms in total. The lowest BCUT2D eigenvalue weighted by Gasteiger charge is -2.35. The van der Waals surface area contributed by atoms with E-state index in [1.54, 1.807) is 0 Å². The average Bonchev–Trinajstić information content (AvgIpc) is 3.59. The highest BCUT2D eigenvalue weighted by atomic mass is 15.0. The summed E-state index contributed by atoms with van der Waals surface area (Å²) in [7, 11) is 0. The van der Waals surface area contributed by atoms with Crippen molar-refractivity contribution in [2.24, 2.45) is 0 Å². The fourth-order valence-corrected chi connectivity index (χ4v) is 8.41. The predicted octanol–water partition coefficient (Wildman–Crippen LogP) is 11.5. The molecule has 0 atom stereocenters. The van der Waals surface area contributed by atoms with Gasteiger partial charge in [0.25, 0.3) is 0 Å². The highest BCUT2D eigenvalue weighted by Crippen LogP contribution is 2.50. The van der Waals surface area contributed by atoms with Crippen LogP contribution in [0.2, 0.25) is 0 Å². The van der Waals surface area contributed by atoms with E-state index in [-0.39, 0.29) is 5.41 Å². The number of aromatic nitrogens is 2. The van der Waals surface area contributed by atoms with Crippen molar-refractivity contribution in [3.63, 3.8) is 0 Å². The largest absolute Gasteiger partial charge is 0.310 e. The van der Waals surface area contributed by atoms with Gasteiger partial charge in [-0.25, -0.2) is 0 Å². The maximum absolute atomic E-state index is 2.49. The van der Waals surface area contributed by atoms with Gasteiger partial charge in [-0.2, -0.15) is 0 Å². The Morgan fingerprint density at radius 2 is 1.24 bits per heavy atom. The van der Waals surface area contributed by atoms with Crippen LogP contribution in [0.25, 0.3) is 76.9 Å². The van der Waals surface area contributed by atoms with Gasteiger partial charge in [0.15, 0.2) is 0 Å². The van der Waals surface area contributed by atoms with Crippen molar-refractivity contribution < 1.29 is 0 Å². The van der Waals surface area contributed by atoms with Gasteiger partial charge < -0.3 is 9.13 Å². The number of benzene rings is 6. The summed E-state index contributed by atoms with van der Waals surface area (Å²) in [6.07, 6.45) is 9.14. The van der Waals surface area contributed by atoms with Crippen molar-refractivity contribution in [1.29, 1.82) is 0 Å². The van der Waals surface area contributed by atoms with Crippen molar-refractivity contribution >= 4 is 60.1 Å². The second kappa shape index (κ2) is 8.86. The molecule has 0 saturated carbocycles. The topological polar surface area (TPSA) is 9.86 Å². The van der Waals surface area contributed by atoms with Crippen molar-refractivity contribution in [1.82, 2.24) is 9.13 Å². The highest BCUT2D eigenvalue weighted by Gasteiger charge is 2.34. The molecule has 8 aromatic rings. The van der Waals surface area contributed by atoms with Gasteiger partial charge in [0, 0.05) is 38.3 Å². The van der Waals surface area contributed by atoms with Crippen LogP contribution in [0.1, 0.15) is 37.8 Å². The van der Waals surface area contributed by atoms with Crippen LogP contribution in [0.5, 0.6) is 0 Å². The molecule has 0 saturated heterocycles. The molecular weight excluding hydrogens is 544 g/mol. The third-order valence-electron chi connectivity index (χ3n) is 10.5. The highest BCUT2D eigenvalue weighted by molar-refractivity contribution is 6.15. The van der Waals surface area contributed by atoms with Gasteiger partial charge in [0.1, 0.15) is 0 Å². The van der Waals surface area contributed by atoms with Gasteiger partial charge >= 0.3 is 0 Å². The van der Waals surface area contributed by atoms with Gasteiger partial charge in [0.05, 0.1) is 22.1 Å². The zero-order chi connectivity index (χ0) is 29.9. The molecule has 214 valence electrons. The Labute approximate surface area is 262 Å². The molecule has 10 rings (SSSR count). The lowest BCUT2D eigenvalue weighted by Crippen LogP contribution is -2.23. The van der Waals surface area contributed by atoms with Crippen LogP contribution in [0.4, 0.5) is 0 Å². The molecule has 2 aromatic heterocycles. The first kappa shape index (κ1) is 25.0. The number of allylic oxidation sites excluding steroid dienone is 4. The smallest absolute Gasteiger partial charge is 0.0544 e. The summed E-state index contributed by atoms with van der Waals surface area (Å²) in [5.41, 5.74) is 12.8. The molecule has 0 radical (unpaired) electrons. The molecule has 2 heteroatoms. The Kier molecular flexibility index (Phi) is 4.93.